The van der Waals surface area contributed by atoms with Gasteiger partial charge in [-0.2, -0.15) is 0 Å². The van der Waals surface area contributed by atoms with E-state index in [9.17, 15) is 9.59 Å². The topological polar surface area (TPSA) is 84.2 Å². The summed E-state index contributed by atoms with van der Waals surface area (Å²) in [6, 6.07) is 9.17. The molecule has 3 heterocycles. The van der Waals surface area contributed by atoms with E-state index in [2.05, 4.69) is 15.6 Å². The van der Waals surface area contributed by atoms with E-state index in [0.29, 0.717) is 22.8 Å². The molecule has 1 aliphatic rings. The normalized spacial score (nSPS) is 16.0. The largest absolute Gasteiger partial charge is 0.443 e. The summed E-state index contributed by atoms with van der Waals surface area (Å²) >= 11 is 3.03. The summed E-state index contributed by atoms with van der Waals surface area (Å²) in [6.07, 6.45) is 1.54. The van der Waals surface area contributed by atoms with E-state index in [1.807, 2.05) is 30.5 Å². The van der Waals surface area contributed by atoms with Crippen LogP contribution in [0.4, 0.5) is 5.69 Å². The molecule has 0 spiro atoms. The SMILES string of the molecule is CC1Sc2ccc(C(=O)NCc3coc(-c4cccs4)n3)cc2NC1=O. The highest BCUT2D eigenvalue weighted by Crippen LogP contribution is 2.35. The molecule has 0 bridgehead atoms. The van der Waals surface area contributed by atoms with Gasteiger partial charge in [0.05, 0.1) is 28.1 Å². The molecule has 2 N–H and O–H groups in total. The van der Waals surface area contributed by atoms with Gasteiger partial charge in [0, 0.05) is 10.5 Å². The molecule has 0 radical (unpaired) electrons. The Hall–Kier alpha value is -2.58. The van der Waals surface area contributed by atoms with Crippen molar-refractivity contribution >= 4 is 40.6 Å². The number of fused-ring (bicyclic) bond motifs is 1. The molecule has 0 aliphatic carbocycles. The van der Waals surface area contributed by atoms with Crippen LogP contribution in [0.1, 0.15) is 23.0 Å². The molecule has 1 aromatic carbocycles. The predicted octanol–water partition coefficient (Wildman–Crippen LogP) is 3.77. The summed E-state index contributed by atoms with van der Waals surface area (Å²) in [7, 11) is 0. The molecule has 0 saturated heterocycles. The Morgan fingerprint density at radius 1 is 1.38 bits per heavy atom. The van der Waals surface area contributed by atoms with Gasteiger partial charge < -0.3 is 15.1 Å². The molecule has 6 nitrogen and oxygen atoms in total. The summed E-state index contributed by atoms with van der Waals surface area (Å²) in [6.45, 7) is 2.12. The maximum absolute atomic E-state index is 12.4. The van der Waals surface area contributed by atoms with Crippen molar-refractivity contribution in [1.29, 1.82) is 0 Å². The molecule has 8 heteroatoms. The highest BCUT2D eigenvalue weighted by Gasteiger charge is 2.23. The standard InChI is InChI=1S/C18H15N3O3S2/c1-10-16(22)21-13-7-11(4-5-14(13)26-10)17(23)19-8-12-9-24-18(20-12)15-3-2-6-25-15/h2-7,9-10H,8H2,1H3,(H,19,23)(H,21,22). The monoisotopic (exact) mass is 385 g/mol. The number of anilines is 1. The number of nitrogens with zero attached hydrogens (tertiary/aromatic N) is 1. The summed E-state index contributed by atoms with van der Waals surface area (Å²) < 4.78 is 5.44. The number of carbonyl (C=O) groups excluding carboxylic acids is 2. The molecule has 0 fully saturated rings. The first-order chi connectivity index (χ1) is 12.6. The number of thioether (sulfide) groups is 1. The minimum Gasteiger partial charge on any atom is -0.443 e. The zero-order chi connectivity index (χ0) is 18.1. The van der Waals surface area contributed by atoms with Crippen LogP contribution in [0.5, 0.6) is 0 Å². The highest BCUT2D eigenvalue weighted by molar-refractivity contribution is 8.00. The molecule has 26 heavy (non-hydrogen) atoms. The minimum atomic E-state index is -0.230. The minimum absolute atomic E-state index is 0.0521. The van der Waals surface area contributed by atoms with Gasteiger partial charge in [-0.05, 0) is 36.6 Å². The van der Waals surface area contributed by atoms with Gasteiger partial charge in [-0.1, -0.05) is 6.07 Å². The Morgan fingerprint density at radius 3 is 3.08 bits per heavy atom. The van der Waals surface area contributed by atoms with Crippen molar-refractivity contribution < 1.29 is 14.0 Å². The number of aromatic nitrogens is 1. The average Bonchev–Trinajstić information content (AvgIpc) is 3.31. The molecule has 4 rings (SSSR count). The molecule has 1 aliphatic heterocycles. The van der Waals surface area contributed by atoms with Crippen LogP contribution in [0.2, 0.25) is 0 Å². The number of hydrogen-bond donors (Lipinski definition) is 2. The molecule has 2 aromatic heterocycles. The number of benzene rings is 1. The quantitative estimate of drug-likeness (QED) is 0.714. The fourth-order valence-corrected chi connectivity index (χ4v) is 4.11. The second-order valence-electron chi connectivity index (χ2n) is 5.76. The Balaban J connectivity index is 1.43. The van der Waals surface area contributed by atoms with E-state index in [1.54, 1.807) is 29.7 Å². The third-order valence-corrected chi connectivity index (χ3v) is 5.92. The van der Waals surface area contributed by atoms with Crippen LogP contribution in [0.15, 0.2) is 51.3 Å². The van der Waals surface area contributed by atoms with Crippen LogP contribution < -0.4 is 10.6 Å². The average molecular weight is 385 g/mol. The maximum atomic E-state index is 12.4. The van der Waals surface area contributed by atoms with Crippen LogP contribution >= 0.6 is 23.1 Å². The number of thiophene rings is 1. The van der Waals surface area contributed by atoms with E-state index >= 15 is 0 Å². The van der Waals surface area contributed by atoms with Gasteiger partial charge in [-0.3, -0.25) is 9.59 Å². The van der Waals surface area contributed by atoms with Crippen LogP contribution in [0, 0.1) is 0 Å². The summed E-state index contributed by atoms with van der Waals surface area (Å²) in [4.78, 5) is 30.5. The third kappa shape index (κ3) is 3.38. The van der Waals surface area contributed by atoms with Crippen molar-refractivity contribution in [2.75, 3.05) is 5.32 Å². The van der Waals surface area contributed by atoms with Crippen molar-refractivity contribution in [1.82, 2.24) is 10.3 Å². The van der Waals surface area contributed by atoms with Gasteiger partial charge >= 0.3 is 0 Å². The Kier molecular flexibility index (Phi) is 4.52. The van der Waals surface area contributed by atoms with Crippen molar-refractivity contribution in [2.45, 2.75) is 23.6 Å². The Bertz CT molecular complexity index is 966. The van der Waals surface area contributed by atoms with Crippen molar-refractivity contribution in [3.63, 3.8) is 0 Å². The van der Waals surface area contributed by atoms with Crippen LogP contribution in [-0.4, -0.2) is 22.0 Å². The second-order valence-corrected chi connectivity index (χ2v) is 8.09. The van der Waals surface area contributed by atoms with Crippen molar-refractivity contribution in [3.05, 3.63) is 53.2 Å². The zero-order valence-corrected chi connectivity index (χ0v) is 15.4. The molecule has 2 amide bonds. The summed E-state index contributed by atoms with van der Waals surface area (Å²) in [5.41, 5.74) is 1.81. The number of hydrogen-bond acceptors (Lipinski definition) is 6. The lowest BCUT2D eigenvalue weighted by Gasteiger charge is -2.21. The lowest BCUT2D eigenvalue weighted by Crippen LogP contribution is -2.27. The smallest absolute Gasteiger partial charge is 0.251 e. The van der Waals surface area contributed by atoms with Gasteiger partial charge in [0.15, 0.2) is 0 Å². The molecule has 0 saturated carbocycles. The summed E-state index contributed by atoms with van der Waals surface area (Å²) in [5.74, 6) is 0.266. The van der Waals surface area contributed by atoms with E-state index in [-0.39, 0.29) is 23.6 Å². The molecular weight excluding hydrogens is 370 g/mol. The number of carbonyl (C=O) groups is 2. The molecule has 132 valence electrons. The number of amides is 2. The predicted molar refractivity (Wildman–Crippen MR) is 101 cm³/mol. The van der Waals surface area contributed by atoms with Crippen LogP contribution in [0.3, 0.4) is 0 Å². The zero-order valence-electron chi connectivity index (χ0n) is 13.8. The highest BCUT2D eigenvalue weighted by atomic mass is 32.2. The first-order valence-corrected chi connectivity index (χ1v) is 9.74. The van der Waals surface area contributed by atoms with Crippen LogP contribution in [0.25, 0.3) is 10.8 Å². The number of nitrogens with one attached hydrogen (secondary N) is 2. The van der Waals surface area contributed by atoms with Crippen molar-refractivity contribution in [2.24, 2.45) is 0 Å². The van der Waals surface area contributed by atoms with Crippen LogP contribution in [-0.2, 0) is 11.3 Å². The van der Waals surface area contributed by atoms with E-state index < -0.39 is 0 Å². The fraction of sp³-hybridized carbons (Fsp3) is 0.167. The van der Waals surface area contributed by atoms with E-state index in [4.69, 9.17) is 4.42 Å². The second kappa shape index (κ2) is 6.97. The molecular formula is C18H15N3O3S2. The first-order valence-electron chi connectivity index (χ1n) is 7.98. The van der Waals surface area contributed by atoms with E-state index in [0.717, 1.165) is 9.77 Å². The molecule has 3 aromatic rings. The fourth-order valence-electron chi connectivity index (χ4n) is 2.52. The third-order valence-electron chi connectivity index (χ3n) is 3.89. The first kappa shape index (κ1) is 16.9. The van der Waals surface area contributed by atoms with Gasteiger partial charge in [-0.15, -0.1) is 23.1 Å². The van der Waals surface area contributed by atoms with E-state index in [1.165, 1.54) is 11.8 Å². The number of rotatable bonds is 4. The van der Waals surface area contributed by atoms with Gasteiger partial charge in [-0.25, -0.2) is 4.98 Å². The Morgan fingerprint density at radius 2 is 2.27 bits per heavy atom. The van der Waals surface area contributed by atoms with Crippen molar-refractivity contribution in [3.8, 4) is 10.8 Å². The summed E-state index contributed by atoms with van der Waals surface area (Å²) in [5, 5.41) is 7.48. The lowest BCUT2D eigenvalue weighted by atomic mass is 10.1. The number of oxazole rings is 1. The Labute approximate surface area is 158 Å². The van der Waals surface area contributed by atoms with Gasteiger partial charge in [0.1, 0.15) is 6.26 Å². The van der Waals surface area contributed by atoms with Gasteiger partial charge in [0.2, 0.25) is 11.8 Å². The lowest BCUT2D eigenvalue weighted by molar-refractivity contribution is -0.115. The molecule has 1 atom stereocenters. The van der Waals surface area contributed by atoms with Gasteiger partial charge in [0.25, 0.3) is 5.91 Å². The maximum Gasteiger partial charge on any atom is 0.251 e. The molecule has 1 unspecified atom stereocenters.